The number of aromatic carboxylic acids is 1. The first-order valence-corrected chi connectivity index (χ1v) is 6.72. The van der Waals surface area contributed by atoms with E-state index in [1.165, 1.54) is 0 Å². The highest BCUT2D eigenvalue weighted by Crippen LogP contribution is 2.32. The summed E-state index contributed by atoms with van der Waals surface area (Å²) in [4.78, 5) is 15.7. The van der Waals surface area contributed by atoms with E-state index in [0.29, 0.717) is 5.56 Å². The molecule has 0 aliphatic carbocycles. The van der Waals surface area contributed by atoms with Crippen molar-refractivity contribution in [2.24, 2.45) is 0 Å². The normalized spacial score (nSPS) is 10.8. The van der Waals surface area contributed by atoms with Crippen LogP contribution in [0.15, 0.2) is 41.8 Å². The van der Waals surface area contributed by atoms with Gasteiger partial charge in [0.1, 0.15) is 5.01 Å². The average Bonchev–Trinajstić information content (AvgIpc) is 2.83. The number of carboxylic acid groups (broad SMARTS) is 1. The Morgan fingerprint density at radius 1 is 1.16 bits per heavy atom. The van der Waals surface area contributed by atoms with Crippen LogP contribution in [0.1, 0.15) is 16.1 Å². The highest BCUT2D eigenvalue weighted by Gasteiger charge is 2.13. The first-order valence-electron chi connectivity index (χ1n) is 5.84. The number of carboxylic acids is 1. The molecule has 0 amide bonds. The molecule has 2 aromatic carbocycles. The SMILES string of the molecule is Cc1csc(-c2ccc(C(=O)O)c3ccccc23)n1. The topological polar surface area (TPSA) is 50.2 Å². The van der Waals surface area contributed by atoms with Crippen LogP contribution in [0.2, 0.25) is 0 Å². The van der Waals surface area contributed by atoms with Crippen LogP contribution in [0.25, 0.3) is 21.3 Å². The Balaban J connectivity index is 2.34. The number of hydrogen-bond acceptors (Lipinski definition) is 3. The van der Waals surface area contributed by atoms with Gasteiger partial charge in [-0.05, 0) is 23.8 Å². The molecule has 1 aromatic heterocycles. The van der Waals surface area contributed by atoms with E-state index in [4.69, 9.17) is 0 Å². The zero-order valence-electron chi connectivity index (χ0n) is 10.3. The molecule has 19 heavy (non-hydrogen) atoms. The summed E-state index contributed by atoms with van der Waals surface area (Å²) in [6.07, 6.45) is 0. The summed E-state index contributed by atoms with van der Waals surface area (Å²) in [7, 11) is 0. The fraction of sp³-hybridized carbons (Fsp3) is 0.0667. The lowest BCUT2D eigenvalue weighted by Gasteiger charge is -2.06. The van der Waals surface area contributed by atoms with E-state index in [0.717, 1.165) is 27.0 Å². The number of aromatic nitrogens is 1. The maximum absolute atomic E-state index is 11.3. The van der Waals surface area contributed by atoms with E-state index in [9.17, 15) is 9.90 Å². The third-order valence-electron chi connectivity index (χ3n) is 3.00. The van der Waals surface area contributed by atoms with Crippen LogP contribution < -0.4 is 0 Å². The van der Waals surface area contributed by atoms with E-state index < -0.39 is 5.97 Å². The summed E-state index contributed by atoms with van der Waals surface area (Å²) in [6, 6.07) is 11.0. The second-order valence-electron chi connectivity index (χ2n) is 4.31. The van der Waals surface area contributed by atoms with Crippen LogP contribution in [0.5, 0.6) is 0 Å². The fourth-order valence-corrected chi connectivity index (χ4v) is 2.99. The molecule has 0 aliphatic heterocycles. The lowest BCUT2D eigenvalue weighted by molar-refractivity contribution is 0.0699. The maximum Gasteiger partial charge on any atom is 0.336 e. The average molecular weight is 269 g/mol. The molecule has 0 saturated carbocycles. The van der Waals surface area contributed by atoms with Crippen LogP contribution >= 0.6 is 11.3 Å². The first-order chi connectivity index (χ1) is 9.16. The van der Waals surface area contributed by atoms with Crippen molar-refractivity contribution in [1.82, 2.24) is 4.98 Å². The standard InChI is InChI=1S/C15H11NO2S/c1-9-8-19-14(16-9)12-6-7-13(15(17)18)11-5-3-2-4-10(11)12/h2-8H,1H3,(H,17,18). The maximum atomic E-state index is 11.3. The van der Waals surface area contributed by atoms with Gasteiger partial charge in [-0.15, -0.1) is 11.3 Å². The predicted octanol–water partition coefficient (Wildman–Crippen LogP) is 3.97. The molecule has 94 valence electrons. The number of aryl methyl sites for hydroxylation is 1. The van der Waals surface area contributed by atoms with Gasteiger partial charge in [0.05, 0.1) is 5.56 Å². The van der Waals surface area contributed by atoms with E-state index in [1.807, 2.05) is 42.6 Å². The van der Waals surface area contributed by atoms with Gasteiger partial charge in [0.15, 0.2) is 0 Å². The van der Waals surface area contributed by atoms with Crippen molar-refractivity contribution in [2.75, 3.05) is 0 Å². The van der Waals surface area contributed by atoms with Gasteiger partial charge >= 0.3 is 5.97 Å². The molecular formula is C15H11NO2S. The number of benzene rings is 2. The molecule has 0 spiro atoms. The minimum Gasteiger partial charge on any atom is -0.478 e. The van der Waals surface area contributed by atoms with E-state index in [-0.39, 0.29) is 0 Å². The molecule has 1 N–H and O–H groups in total. The molecule has 0 bridgehead atoms. The zero-order chi connectivity index (χ0) is 13.4. The summed E-state index contributed by atoms with van der Waals surface area (Å²) >= 11 is 1.57. The molecule has 3 nitrogen and oxygen atoms in total. The molecule has 3 aromatic rings. The largest absolute Gasteiger partial charge is 0.478 e. The van der Waals surface area contributed by atoms with Gasteiger partial charge in [0.25, 0.3) is 0 Å². The van der Waals surface area contributed by atoms with Crippen LogP contribution in [0.3, 0.4) is 0 Å². The fourth-order valence-electron chi connectivity index (χ4n) is 2.15. The molecular weight excluding hydrogens is 258 g/mol. The van der Waals surface area contributed by atoms with Crippen molar-refractivity contribution in [3.05, 3.63) is 53.0 Å². The molecule has 0 saturated heterocycles. The minimum atomic E-state index is -0.905. The Bertz CT molecular complexity index is 777. The number of fused-ring (bicyclic) bond motifs is 1. The van der Waals surface area contributed by atoms with Crippen molar-refractivity contribution in [2.45, 2.75) is 6.92 Å². The van der Waals surface area contributed by atoms with E-state index in [1.54, 1.807) is 17.4 Å². The number of nitrogens with zero attached hydrogens (tertiary/aromatic N) is 1. The molecule has 0 radical (unpaired) electrons. The summed E-state index contributed by atoms with van der Waals surface area (Å²) in [6.45, 7) is 1.95. The van der Waals surface area contributed by atoms with Gasteiger partial charge in [-0.1, -0.05) is 30.3 Å². The minimum absolute atomic E-state index is 0.327. The van der Waals surface area contributed by atoms with Crippen molar-refractivity contribution in [1.29, 1.82) is 0 Å². The summed E-state index contributed by atoms with van der Waals surface area (Å²) in [5.74, 6) is -0.905. The molecule has 0 atom stereocenters. The van der Waals surface area contributed by atoms with Crippen LogP contribution in [-0.2, 0) is 0 Å². The third kappa shape index (κ3) is 2.00. The Labute approximate surface area is 114 Å². The smallest absolute Gasteiger partial charge is 0.336 e. The molecule has 3 rings (SSSR count). The zero-order valence-corrected chi connectivity index (χ0v) is 11.1. The number of rotatable bonds is 2. The molecule has 4 heteroatoms. The van der Waals surface area contributed by atoms with E-state index in [2.05, 4.69) is 4.98 Å². The molecule has 0 fully saturated rings. The van der Waals surface area contributed by atoms with Crippen LogP contribution in [0.4, 0.5) is 0 Å². The predicted molar refractivity (Wildman–Crippen MR) is 76.8 cm³/mol. The first kappa shape index (κ1) is 11.9. The summed E-state index contributed by atoms with van der Waals surface area (Å²) in [5, 5.41) is 13.8. The Kier molecular flexibility index (Phi) is 2.80. The lowest BCUT2D eigenvalue weighted by atomic mass is 10.00. The van der Waals surface area contributed by atoms with Crippen molar-refractivity contribution < 1.29 is 9.90 Å². The number of hydrogen-bond donors (Lipinski definition) is 1. The van der Waals surface area contributed by atoms with Gasteiger partial charge in [0, 0.05) is 16.6 Å². The highest BCUT2D eigenvalue weighted by atomic mass is 32.1. The molecule has 0 unspecified atom stereocenters. The van der Waals surface area contributed by atoms with Crippen LogP contribution in [-0.4, -0.2) is 16.1 Å². The van der Waals surface area contributed by atoms with Gasteiger partial charge < -0.3 is 5.11 Å². The quantitative estimate of drug-likeness (QED) is 0.765. The highest BCUT2D eigenvalue weighted by molar-refractivity contribution is 7.13. The van der Waals surface area contributed by atoms with Gasteiger partial charge in [0.2, 0.25) is 0 Å². The van der Waals surface area contributed by atoms with Crippen molar-refractivity contribution in [3.63, 3.8) is 0 Å². The molecule has 0 aliphatic rings. The van der Waals surface area contributed by atoms with Gasteiger partial charge in [-0.3, -0.25) is 0 Å². The Hall–Kier alpha value is -2.20. The number of carbonyl (C=O) groups is 1. The van der Waals surface area contributed by atoms with Crippen molar-refractivity contribution in [3.8, 4) is 10.6 Å². The molecule has 1 heterocycles. The monoisotopic (exact) mass is 269 g/mol. The third-order valence-corrected chi connectivity index (χ3v) is 4.00. The Morgan fingerprint density at radius 3 is 2.53 bits per heavy atom. The van der Waals surface area contributed by atoms with E-state index >= 15 is 0 Å². The second kappa shape index (κ2) is 4.48. The van der Waals surface area contributed by atoms with Crippen LogP contribution in [0, 0.1) is 6.92 Å². The summed E-state index contributed by atoms with van der Waals surface area (Å²) < 4.78 is 0. The van der Waals surface area contributed by atoms with Gasteiger partial charge in [-0.2, -0.15) is 0 Å². The lowest BCUT2D eigenvalue weighted by Crippen LogP contribution is -1.97. The summed E-state index contributed by atoms with van der Waals surface area (Å²) in [5.41, 5.74) is 2.29. The van der Waals surface area contributed by atoms with Gasteiger partial charge in [-0.25, -0.2) is 9.78 Å². The second-order valence-corrected chi connectivity index (χ2v) is 5.16. The Morgan fingerprint density at radius 2 is 1.89 bits per heavy atom. The number of thiazole rings is 1. The van der Waals surface area contributed by atoms with Crippen molar-refractivity contribution >= 4 is 28.1 Å².